The molecular weight excluding hydrogens is 250 g/mol. The zero-order valence-electron chi connectivity index (χ0n) is 13.7. The Morgan fingerprint density at radius 1 is 1.00 bits per heavy atom. The maximum absolute atomic E-state index is 12.6. The van der Waals surface area contributed by atoms with Gasteiger partial charge in [0.2, 0.25) is 5.91 Å². The normalized spacial score (nSPS) is 27.4. The fraction of sp³-hybridized carbons (Fsp3) is 0.938. The molecule has 2 aliphatic rings. The molecule has 116 valence electrons. The van der Waals surface area contributed by atoms with Crippen molar-refractivity contribution in [2.45, 2.75) is 46.1 Å². The van der Waals surface area contributed by atoms with E-state index in [0.29, 0.717) is 11.9 Å². The second-order valence-corrected chi connectivity index (χ2v) is 7.49. The largest absolute Gasteiger partial charge is 0.341 e. The van der Waals surface area contributed by atoms with Crippen molar-refractivity contribution < 1.29 is 4.79 Å². The molecule has 0 spiro atoms. The van der Waals surface area contributed by atoms with Crippen LogP contribution in [0.3, 0.4) is 0 Å². The number of hydrogen-bond acceptors (Lipinski definition) is 3. The molecule has 0 bridgehead atoms. The van der Waals surface area contributed by atoms with Gasteiger partial charge in [-0.1, -0.05) is 27.2 Å². The molecule has 0 saturated carbocycles. The Labute approximate surface area is 124 Å². The molecule has 4 nitrogen and oxygen atoms in total. The van der Waals surface area contributed by atoms with Crippen LogP contribution in [0.4, 0.5) is 0 Å². The van der Waals surface area contributed by atoms with Crippen molar-refractivity contribution in [2.24, 2.45) is 5.41 Å². The third kappa shape index (κ3) is 3.95. The summed E-state index contributed by atoms with van der Waals surface area (Å²) >= 11 is 0. The molecule has 2 heterocycles. The molecule has 4 heteroatoms. The fourth-order valence-electron chi connectivity index (χ4n) is 3.26. The molecule has 0 unspecified atom stereocenters. The zero-order valence-corrected chi connectivity index (χ0v) is 13.7. The van der Waals surface area contributed by atoms with Crippen LogP contribution in [0.5, 0.6) is 0 Å². The van der Waals surface area contributed by atoms with E-state index in [9.17, 15) is 4.79 Å². The third-order valence-electron chi connectivity index (χ3n) is 4.63. The highest BCUT2D eigenvalue weighted by molar-refractivity contribution is 5.81. The van der Waals surface area contributed by atoms with Crippen LogP contribution in [-0.4, -0.2) is 73.0 Å². The predicted octanol–water partition coefficient (Wildman–Crippen LogP) is 1.66. The number of likely N-dealkylation sites (N-methyl/N-ethyl adjacent to an activating group) is 1. The van der Waals surface area contributed by atoms with Gasteiger partial charge in [0.15, 0.2) is 0 Å². The number of rotatable bonds is 1. The van der Waals surface area contributed by atoms with Crippen molar-refractivity contribution in [3.05, 3.63) is 0 Å². The topological polar surface area (TPSA) is 26.8 Å². The predicted molar refractivity (Wildman–Crippen MR) is 82.7 cm³/mol. The Hall–Kier alpha value is -0.610. The molecule has 20 heavy (non-hydrogen) atoms. The monoisotopic (exact) mass is 281 g/mol. The smallest absolute Gasteiger partial charge is 0.227 e. The molecule has 0 N–H and O–H groups in total. The SMILES string of the molecule is CN1CCN([C@@H]2CCCCN(C(=O)C(C)(C)C)C2)CC1. The summed E-state index contributed by atoms with van der Waals surface area (Å²) in [5.74, 6) is 0.318. The summed E-state index contributed by atoms with van der Waals surface area (Å²) in [7, 11) is 2.19. The standard InChI is InChI=1S/C16H31N3O/c1-16(2,3)15(20)19-8-6-5-7-14(13-19)18-11-9-17(4)10-12-18/h14H,5-13H2,1-4H3/t14-/m1/s1. The van der Waals surface area contributed by atoms with E-state index >= 15 is 0 Å². The lowest BCUT2D eigenvalue weighted by Crippen LogP contribution is -2.53. The number of amides is 1. The summed E-state index contributed by atoms with van der Waals surface area (Å²) in [5, 5.41) is 0. The number of hydrogen-bond donors (Lipinski definition) is 0. The highest BCUT2D eigenvalue weighted by Crippen LogP contribution is 2.23. The van der Waals surface area contributed by atoms with Crippen molar-refractivity contribution in [3.8, 4) is 0 Å². The van der Waals surface area contributed by atoms with E-state index in [-0.39, 0.29) is 5.41 Å². The Bertz CT molecular complexity index is 329. The van der Waals surface area contributed by atoms with Gasteiger partial charge in [-0.2, -0.15) is 0 Å². The fourth-order valence-corrected chi connectivity index (χ4v) is 3.26. The van der Waals surface area contributed by atoms with Crippen molar-refractivity contribution in [3.63, 3.8) is 0 Å². The minimum absolute atomic E-state index is 0.253. The van der Waals surface area contributed by atoms with Gasteiger partial charge < -0.3 is 9.80 Å². The van der Waals surface area contributed by atoms with Gasteiger partial charge in [-0.15, -0.1) is 0 Å². The molecule has 1 atom stereocenters. The van der Waals surface area contributed by atoms with Crippen LogP contribution in [0.2, 0.25) is 0 Å². The van der Waals surface area contributed by atoms with Crippen LogP contribution in [0.15, 0.2) is 0 Å². The lowest BCUT2D eigenvalue weighted by Gasteiger charge is -2.39. The van der Waals surface area contributed by atoms with Gasteiger partial charge in [0, 0.05) is 50.7 Å². The Balaban J connectivity index is 1.98. The molecule has 2 saturated heterocycles. The molecule has 0 aromatic heterocycles. The van der Waals surface area contributed by atoms with Crippen LogP contribution < -0.4 is 0 Å². The summed E-state index contributed by atoms with van der Waals surface area (Å²) in [5.41, 5.74) is -0.253. The zero-order chi connectivity index (χ0) is 14.8. The van der Waals surface area contributed by atoms with Gasteiger partial charge in [0.25, 0.3) is 0 Å². The quantitative estimate of drug-likeness (QED) is 0.731. The summed E-state index contributed by atoms with van der Waals surface area (Å²) in [6, 6.07) is 0.567. The molecule has 2 fully saturated rings. The second kappa shape index (κ2) is 6.44. The summed E-state index contributed by atoms with van der Waals surface area (Å²) < 4.78 is 0. The van der Waals surface area contributed by atoms with Crippen LogP contribution in [-0.2, 0) is 4.79 Å². The van der Waals surface area contributed by atoms with Gasteiger partial charge in [0.05, 0.1) is 0 Å². The molecule has 1 amide bonds. The molecular formula is C16H31N3O. The van der Waals surface area contributed by atoms with Crippen LogP contribution in [0.25, 0.3) is 0 Å². The van der Waals surface area contributed by atoms with E-state index in [4.69, 9.17) is 0 Å². The number of nitrogens with zero attached hydrogens (tertiary/aromatic N) is 3. The average Bonchev–Trinajstić information content (AvgIpc) is 2.63. The number of carbonyl (C=O) groups is 1. The third-order valence-corrected chi connectivity index (χ3v) is 4.63. The number of carbonyl (C=O) groups excluding carboxylic acids is 1. The van der Waals surface area contributed by atoms with Gasteiger partial charge in [-0.3, -0.25) is 9.69 Å². The number of likely N-dealkylation sites (tertiary alicyclic amines) is 1. The van der Waals surface area contributed by atoms with E-state index in [1.807, 2.05) is 20.8 Å². The van der Waals surface area contributed by atoms with Gasteiger partial charge in [0.1, 0.15) is 0 Å². The molecule has 2 rings (SSSR count). The first-order valence-corrected chi connectivity index (χ1v) is 8.10. The Kier molecular flexibility index (Phi) is 5.08. The lowest BCUT2D eigenvalue weighted by molar-refractivity contribution is -0.140. The molecule has 0 aromatic rings. The number of piperazine rings is 1. The van der Waals surface area contributed by atoms with Crippen molar-refractivity contribution in [1.82, 2.24) is 14.7 Å². The van der Waals surface area contributed by atoms with E-state index < -0.39 is 0 Å². The minimum Gasteiger partial charge on any atom is -0.341 e. The Morgan fingerprint density at radius 2 is 1.65 bits per heavy atom. The molecule has 0 aromatic carbocycles. The van der Waals surface area contributed by atoms with E-state index in [1.54, 1.807) is 0 Å². The average molecular weight is 281 g/mol. The first kappa shape index (κ1) is 15.8. The van der Waals surface area contributed by atoms with E-state index in [0.717, 1.165) is 45.7 Å². The van der Waals surface area contributed by atoms with E-state index in [1.165, 1.54) is 12.8 Å². The Morgan fingerprint density at radius 3 is 2.25 bits per heavy atom. The van der Waals surface area contributed by atoms with Gasteiger partial charge >= 0.3 is 0 Å². The van der Waals surface area contributed by atoms with Gasteiger partial charge in [-0.25, -0.2) is 0 Å². The molecule has 0 radical (unpaired) electrons. The highest BCUT2D eigenvalue weighted by atomic mass is 16.2. The molecule has 2 aliphatic heterocycles. The minimum atomic E-state index is -0.253. The van der Waals surface area contributed by atoms with Crippen LogP contribution >= 0.6 is 0 Å². The first-order valence-electron chi connectivity index (χ1n) is 8.10. The molecule has 0 aliphatic carbocycles. The summed E-state index contributed by atoms with van der Waals surface area (Å²) in [6.45, 7) is 12.6. The van der Waals surface area contributed by atoms with Gasteiger partial charge in [-0.05, 0) is 19.9 Å². The van der Waals surface area contributed by atoms with Crippen molar-refractivity contribution >= 4 is 5.91 Å². The van der Waals surface area contributed by atoms with E-state index in [2.05, 4.69) is 21.7 Å². The lowest BCUT2D eigenvalue weighted by atomic mass is 9.94. The maximum Gasteiger partial charge on any atom is 0.227 e. The second-order valence-electron chi connectivity index (χ2n) is 7.49. The maximum atomic E-state index is 12.6. The van der Waals surface area contributed by atoms with Crippen LogP contribution in [0, 0.1) is 5.41 Å². The first-order chi connectivity index (χ1) is 9.38. The van der Waals surface area contributed by atoms with Crippen LogP contribution in [0.1, 0.15) is 40.0 Å². The summed E-state index contributed by atoms with van der Waals surface area (Å²) in [4.78, 5) is 19.7. The highest BCUT2D eigenvalue weighted by Gasteiger charge is 2.32. The summed E-state index contributed by atoms with van der Waals surface area (Å²) in [6.07, 6.45) is 3.66. The van der Waals surface area contributed by atoms with Crippen molar-refractivity contribution in [1.29, 1.82) is 0 Å². The van der Waals surface area contributed by atoms with Crippen molar-refractivity contribution in [2.75, 3.05) is 46.3 Å².